The van der Waals surface area contributed by atoms with Crippen molar-refractivity contribution < 1.29 is 14.3 Å². The molecule has 7 nitrogen and oxygen atoms in total. The molecule has 146 valence electrons. The monoisotopic (exact) mass is 400 g/mol. The summed E-state index contributed by atoms with van der Waals surface area (Å²) in [6.45, 7) is 4.12. The van der Waals surface area contributed by atoms with Gasteiger partial charge < -0.3 is 14.8 Å². The minimum Gasteiger partial charge on any atom is -0.493 e. The summed E-state index contributed by atoms with van der Waals surface area (Å²) in [5.74, 6) is 1.38. The number of nitrogens with one attached hydrogen (secondary N) is 1. The molecule has 3 aromatic rings. The van der Waals surface area contributed by atoms with Crippen LogP contribution in [0.3, 0.4) is 0 Å². The summed E-state index contributed by atoms with van der Waals surface area (Å²) < 4.78 is 12.2. The first-order chi connectivity index (χ1) is 13.4. The first kappa shape index (κ1) is 19.7. The largest absolute Gasteiger partial charge is 0.493 e. The normalized spacial score (nSPS) is 10.6. The Hall–Kier alpha value is -3.06. The van der Waals surface area contributed by atoms with E-state index in [1.165, 1.54) is 0 Å². The second-order valence-corrected chi connectivity index (χ2v) is 6.62. The third kappa shape index (κ3) is 4.09. The van der Waals surface area contributed by atoms with Gasteiger partial charge in [0.15, 0.2) is 17.3 Å². The van der Waals surface area contributed by atoms with Crippen molar-refractivity contribution in [1.82, 2.24) is 20.1 Å². The highest BCUT2D eigenvalue weighted by molar-refractivity contribution is 6.33. The number of carbonyl (C=O) groups is 1. The number of benzene rings is 1. The van der Waals surface area contributed by atoms with Crippen molar-refractivity contribution in [3.05, 3.63) is 64.1 Å². The van der Waals surface area contributed by atoms with Crippen LogP contribution in [-0.2, 0) is 6.54 Å². The number of hydrogen-bond donors (Lipinski definition) is 1. The molecule has 1 aromatic carbocycles. The maximum absolute atomic E-state index is 12.6. The van der Waals surface area contributed by atoms with Gasteiger partial charge in [-0.15, -0.1) is 0 Å². The van der Waals surface area contributed by atoms with Crippen LogP contribution in [0.5, 0.6) is 11.5 Å². The average Bonchev–Trinajstić information content (AvgIpc) is 3.04. The van der Waals surface area contributed by atoms with Crippen LogP contribution in [0.4, 0.5) is 0 Å². The van der Waals surface area contributed by atoms with Gasteiger partial charge in [0.1, 0.15) is 5.69 Å². The Morgan fingerprint density at radius 3 is 2.50 bits per heavy atom. The number of pyridine rings is 1. The van der Waals surface area contributed by atoms with E-state index in [2.05, 4.69) is 15.4 Å². The van der Waals surface area contributed by atoms with Crippen molar-refractivity contribution in [2.75, 3.05) is 14.2 Å². The number of carbonyl (C=O) groups excluding carboxylic acids is 1. The van der Waals surface area contributed by atoms with Gasteiger partial charge in [-0.1, -0.05) is 17.7 Å². The summed E-state index contributed by atoms with van der Waals surface area (Å²) in [5, 5.41) is 7.50. The molecule has 8 heteroatoms. The Labute approximate surface area is 168 Å². The highest BCUT2D eigenvalue weighted by Gasteiger charge is 2.15. The molecular formula is C20H21ClN4O3. The van der Waals surface area contributed by atoms with Crippen LogP contribution < -0.4 is 14.8 Å². The highest BCUT2D eigenvalue weighted by atomic mass is 35.5. The molecule has 2 aromatic heterocycles. The zero-order valence-electron chi connectivity index (χ0n) is 16.1. The zero-order chi connectivity index (χ0) is 20.3. The van der Waals surface area contributed by atoms with Crippen molar-refractivity contribution in [3.8, 4) is 17.3 Å². The topological polar surface area (TPSA) is 78.3 Å². The molecule has 0 aliphatic carbocycles. The molecule has 0 aliphatic heterocycles. The van der Waals surface area contributed by atoms with Gasteiger partial charge in [-0.05, 0) is 49.7 Å². The van der Waals surface area contributed by atoms with Crippen LogP contribution in [-0.4, -0.2) is 34.9 Å². The summed E-state index contributed by atoms with van der Waals surface area (Å²) in [4.78, 5) is 17.0. The molecule has 0 fully saturated rings. The fourth-order valence-corrected chi connectivity index (χ4v) is 3.02. The lowest BCUT2D eigenvalue weighted by Crippen LogP contribution is -2.24. The van der Waals surface area contributed by atoms with E-state index in [4.69, 9.17) is 21.1 Å². The number of aryl methyl sites for hydroxylation is 2. The molecule has 1 amide bonds. The van der Waals surface area contributed by atoms with E-state index in [0.29, 0.717) is 23.9 Å². The number of rotatable bonds is 6. The maximum atomic E-state index is 12.6. The minimum atomic E-state index is -0.372. The van der Waals surface area contributed by atoms with E-state index in [0.717, 1.165) is 17.0 Å². The number of methoxy groups -OCH3 is 2. The molecule has 0 spiro atoms. The highest BCUT2D eigenvalue weighted by Crippen LogP contribution is 2.27. The predicted octanol–water partition coefficient (Wildman–Crippen LogP) is 3.48. The number of nitrogens with zero attached hydrogens (tertiary/aromatic N) is 3. The fourth-order valence-electron chi connectivity index (χ4n) is 2.83. The third-order valence-corrected chi connectivity index (χ3v) is 4.48. The van der Waals surface area contributed by atoms with E-state index in [1.54, 1.807) is 43.2 Å². The second kappa shape index (κ2) is 8.31. The van der Waals surface area contributed by atoms with Crippen LogP contribution in [0.15, 0.2) is 36.4 Å². The third-order valence-electron chi connectivity index (χ3n) is 4.17. The zero-order valence-corrected chi connectivity index (χ0v) is 16.9. The molecule has 28 heavy (non-hydrogen) atoms. The first-order valence-electron chi connectivity index (χ1n) is 8.62. The number of aromatic nitrogens is 3. The van der Waals surface area contributed by atoms with Crippen molar-refractivity contribution >= 4 is 17.5 Å². The molecule has 0 radical (unpaired) electrons. The van der Waals surface area contributed by atoms with Gasteiger partial charge in [0.05, 0.1) is 24.9 Å². The Morgan fingerprint density at radius 2 is 1.86 bits per heavy atom. The Bertz CT molecular complexity index is 1020. The lowest BCUT2D eigenvalue weighted by atomic mass is 10.2. The van der Waals surface area contributed by atoms with E-state index in [1.807, 2.05) is 26.0 Å². The van der Waals surface area contributed by atoms with E-state index in [9.17, 15) is 4.79 Å². The van der Waals surface area contributed by atoms with Gasteiger partial charge in [-0.25, -0.2) is 9.67 Å². The lowest BCUT2D eigenvalue weighted by molar-refractivity contribution is 0.0946. The van der Waals surface area contributed by atoms with Gasteiger partial charge in [-0.2, -0.15) is 5.10 Å². The predicted molar refractivity (Wildman–Crippen MR) is 107 cm³/mol. The van der Waals surface area contributed by atoms with Crippen LogP contribution in [0.25, 0.3) is 5.82 Å². The maximum Gasteiger partial charge on any atom is 0.271 e. The minimum absolute atomic E-state index is 0.146. The summed E-state index contributed by atoms with van der Waals surface area (Å²) in [6.07, 6.45) is 0. The molecule has 2 heterocycles. The molecule has 0 bridgehead atoms. The molecule has 0 atom stereocenters. The van der Waals surface area contributed by atoms with Gasteiger partial charge in [0.25, 0.3) is 5.91 Å². The molecule has 0 unspecified atom stereocenters. The SMILES string of the molecule is COc1ccc(CNC(=O)c2nc(-n3nc(C)cc3C)ccc2Cl)cc1OC. The summed E-state index contributed by atoms with van der Waals surface area (Å²) in [6, 6.07) is 10.8. The summed E-state index contributed by atoms with van der Waals surface area (Å²) >= 11 is 6.20. The standard InChI is InChI=1S/C20H21ClN4O3/c1-12-9-13(2)25(24-12)18-8-6-15(21)19(23-18)20(26)22-11-14-5-7-16(27-3)17(10-14)28-4/h5-10H,11H2,1-4H3,(H,22,26). The molecule has 0 saturated heterocycles. The van der Waals surface area contributed by atoms with E-state index >= 15 is 0 Å². The molecule has 3 rings (SSSR count). The second-order valence-electron chi connectivity index (χ2n) is 6.21. The Morgan fingerprint density at radius 1 is 1.11 bits per heavy atom. The van der Waals surface area contributed by atoms with Gasteiger partial charge in [0.2, 0.25) is 0 Å². The van der Waals surface area contributed by atoms with Gasteiger partial charge >= 0.3 is 0 Å². The number of hydrogen-bond acceptors (Lipinski definition) is 5. The molecule has 0 aliphatic rings. The van der Waals surface area contributed by atoms with Crippen molar-refractivity contribution in [2.24, 2.45) is 0 Å². The van der Waals surface area contributed by atoms with Crippen LogP contribution in [0, 0.1) is 13.8 Å². The summed E-state index contributed by atoms with van der Waals surface area (Å²) in [5.41, 5.74) is 2.79. The number of halogens is 1. The smallest absolute Gasteiger partial charge is 0.271 e. The Balaban J connectivity index is 1.79. The van der Waals surface area contributed by atoms with E-state index in [-0.39, 0.29) is 16.6 Å². The van der Waals surface area contributed by atoms with Crippen LogP contribution >= 0.6 is 11.6 Å². The van der Waals surface area contributed by atoms with Crippen LogP contribution in [0.2, 0.25) is 5.02 Å². The molecule has 0 saturated carbocycles. The van der Waals surface area contributed by atoms with Crippen molar-refractivity contribution in [3.63, 3.8) is 0 Å². The summed E-state index contributed by atoms with van der Waals surface area (Å²) in [7, 11) is 3.14. The number of amides is 1. The van der Waals surface area contributed by atoms with Gasteiger partial charge in [-0.3, -0.25) is 4.79 Å². The van der Waals surface area contributed by atoms with Crippen molar-refractivity contribution in [2.45, 2.75) is 20.4 Å². The van der Waals surface area contributed by atoms with Gasteiger partial charge in [0, 0.05) is 12.2 Å². The molecule has 1 N–H and O–H groups in total. The van der Waals surface area contributed by atoms with E-state index < -0.39 is 0 Å². The Kier molecular flexibility index (Phi) is 5.84. The average molecular weight is 401 g/mol. The van der Waals surface area contributed by atoms with Crippen LogP contribution in [0.1, 0.15) is 27.4 Å². The van der Waals surface area contributed by atoms with Crippen molar-refractivity contribution in [1.29, 1.82) is 0 Å². The number of ether oxygens (including phenoxy) is 2. The molecular weight excluding hydrogens is 380 g/mol. The quantitative estimate of drug-likeness (QED) is 0.685. The lowest BCUT2D eigenvalue weighted by Gasteiger charge is -2.11. The first-order valence-corrected chi connectivity index (χ1v) is 9.00. The fraction of sp³-hybridized carbons (Fsp3) is 0.250.